The fraction of sp³-hybridized carbons (Fsp3) is 0.321. The second-order valence-corrected chi connectivity index (χ2v) is 11.9. The zero-order chi connectivity index (χ0) is 26.6. The zero-order valence-corrected chi connectivity index (χ0v) is 22.2. The molecule has 1 aliphatic rings. The topological polar surface area (TPSA) is 91.9 Å². The summed E-state index contributed by atoms with van der Waals surface area (Å²) in [7, 11) is -1.75. The SMILES string of the molecule is Cc1nnn(C)c1-c1cnc2c3c(S(C)(=O)=O)cccc3n([C@@H](c3ccccc3F)C3CCOCC3)c2c1. The van der Waals surface area contributed by atoms with Crippen molar-refractivity contribution in [3.63, 3.8) is 0 Å². The molecule has 0 radical (unpaired) electrons. The van der Waals surface area contributed by atoms with Gasteiger partial charge in [-0.1, -0.05) is 29.5 Å². The number of sulfone groups is 1. The highest BCUT2D eigenvalue weighted by Gasteiger charge is 2.33. The molecule has 1 saturated heterocycles. The number of hydrogen-bond acceptors (Lipinski definition) is 6. The van der Waals surface area contributed by atoms with Gasteiger partial charge in [-0.2, -0.15) is 0 Å². The molecule has 0 unspecified atom stereocenters. The van der Waals surface area contributed by atoms with Gasteiger partial charge in [0, 0.05) is 49.2 Å². The molecule has 3 aromatic heterocycles. The van der Waals surface area contributed by atoms with Crippen LogP contribution in [0.15, 0.2) is 59.6 Å². The summed E-state index contributed by atoms with van der Waals surface area (Å²) in [6.45, 7) is 3.06. The van der Waals surface area contributed by atoms with Crippen molar-refractivity contribution in [2.45, 2.75) is 30.7 Å². The van der Waals surface area contributed by atoms with Crippen LogP contribution >= 0.6 is 0 Å². The van der Waals surface area contributed by atoms with Gasteiger partial charge in [-0.25, -0.2) is 17.5 Å². The third-order valence-corrected chi connectivity index (χ3v) is 8.65. The summed E-state index contributed by atoms with van der Waals surface area (Å²) in [6, 6.07) is 13.7. The van der Waals surface area contributed by atoms with E-state index in [4.69, 9.17) is 9.72 Å². The molecule has 1 atom stereocenters. The Morgan fingerprint density at radius 2 is 1.84 bits per heavy atom. The molecule has 0 saturated carbocycles. The lowest BCUT2D eigenvalue weighted by molar-refractivity contribution is 0.0548. The first kappa shape index (κ1) is 24.7. The standard InChI is InChI=1S/C28H28FN5O3S/c1-17-27(33(2)32-31-17)19-15-23-26(30-16-19)25-22(9-6-10-24(25)38(3,35)36)34(23)28(18-11-13-37-14-12-18)20-7-4-5-8-21(20)29/h4-10,15-16,18,28H,11-14H2,1-3H3/t28-/m1/s1. The third-order valence-electron chi connectivity index (χ3n) is 7.51. The molecule has 8 nitrogen and oxygen atoms in total. The van der Waals surface area contributed by atoms with Gasteiger partial charge >= 0.3 is 0 Å². The lowest BCUT2D eigenvalue weighted by atomic mass is 9.86. The summed E-state index contributed by atoms with van der Waals surface area (Å²) in [6.07, 6.45) is 4.44. The van der Waals surface area contributed by atoms with E-state index in [0.717, 1.165) is 35.3 Å². The Labute approximate surface area is 220 Å². The van der Waals surface area contributed by atoms with E-state index in [-0.39, 0.29) is 16.6 Å². The molecule has 0 bridgehead atoms. The Bertz CT molecular complexity index is 1770. The molecule has 1 aliphatic heterocycles. The van der Waals surface area contributed by atoms with E-state index in [0.29, 0.717) is 35.2 Å². The maximum atomic E-state index is 15.5. The van der Waals surface area contributed by atoms with Crippen LogP contribution in [0.3, 0.4) is 0 Å². The Hall–Kier alpha value is -3.63. The molecular weight excluding hydrogens is 505 g/mol. The molecule has 6 rings (SSSR count). The number of aryl methyl sites for hydroxylation is 2. The van der Waals surface area contributed by atoms with Crippen molar-refractivity contribution in [3.05, 3.63) is 71.8 Å². The number of fused-ring (bicyclic) bond motifs is 3. The number of aromatic nitrogens is 5. The number of ether oxygens (including phenoxy) is 1. The maximum absolute atomic E-state index is 15.5. The largest absolute Gasteiger partial charge is 0.381 e. The molecule has 0 aliphatic carbocycles. The van der Waals surface area contributed by atoms with Crippen LogP contribution < -0.4 is 0 Å². The minimum Gasteiger partial charge on any atom is -0.381 e. The normalized spacial score (nSPS) is 15.9. The molecule has 2 aromatic carbocycles. The zero-order valence-electron chi connectivity index (χ0n) is 21.4. The number of rotatable bonds is 5. The van der Waals surface area contributed by atoms with Crippen molar-refractivity contribution in [3.8, 4) is 11.3 Å². The molecule has 5 aromatic rings. The second-order valence-electron chi connectivity index (χ2n) is 9.95. The van der Waals surface area contributed by atoms with Crippen molar-refractivity contribution in [2.75, 3.05) is 19.5 Å². The van der Waals surface area contributed by atoms with E-state index in [1.165, 1.54) is 12.3 Å². The molecule has 0 N–H and O–H groups in total. The molecule has 0 amide bonds. The van der Waals surface area contributed by atoms with E-state index < -0.39 is 15.9 Å². The highest BCUT2D eigenvalue weighted by Crippen LogP contribution is 2.43. The van der Waals surface area contributed by atoms with Gasteiger partial charge in [-0.15, -0.1) is 5.10 Å². The van der Waals surface area contributed by atoms with Gasteiger partial charge in [0.05, 0.1) is 38.9 Å². The van der Waals surface area contributed by atoms with Crippen molar-refractivity contribution >= 4 is 31.8 Å². The van der Waals surface area contributed by atoms with Gasteiger partial charge in [0.15, 0.2) is 9.84 Å². The maximum Gasteiger partial charge on any atom is 0.176 e. The average molecular weight is 534 g/mol. The average Bonchev–Trinajstić information content (AvgIpc) is 3.41. The first-order valence-electron chi connectivity index (χ1n) is 12.6. The Balaban J connectivity index is 1.75. The Morgan fingerprint density at radius 3 is 2.53 bits per heavy atom. The van der Waals surface area contributed by atoms with Crippen molar-refractivity contribution in [1.82, 2.24) is 24.5 Å². The van der Waals surface area contributed by atoms with Gasteiger partial charge in [0.1, 0.15) is 5.82 Å². The third kappa shape index (κ3) is 3.99. The molecule has 10 heteroatoms. The van der Waals surface area contributed by atoms with E-state index >= 15 is 4.39 Å². The highest BCUT2D eigenvalue weighted by molar-refractivity contribution is 7.91. The second kappa shape index (κ2) is 9.28. The first-order valence-corrected chi connectivity index (χ1v) is 14.5. The number of benzene rings is 2. The summed E-state index contributed by atoms with van der Waals surface area (Å²) in [4.78, 5) is 5.02. The minimum absolute atomic E-state index is 0.0742. The molecule has 38 heavy (non-hydrogen) atoms. The molecule has 0 spiro atoms. The summed E-state index contributed by atoms with van der Waals surface area (Å²) >= 11 is 0. The Kier molecular flexibility index (Phi) is 6.03. The van der Waals surface area contributed by atoms with Gasteiger partial charge < -0.3 is 9.30 Å². The highest BCUT2D eigenvalue weighted by atomic mass is 32.2. The van der Waals surface area contributed by atoms with Crippen LogP contribution in [0, 0.1) is 18.7 Å². The van der Waals surface area contributed by atoms with Crippen molar-refractivity contribution in [1.29, 1.82) is 0 Å². The van der Waals surface area contributed by atoms with Gasteiger partial charge in [0.25, 0.3) is 0 Å². The fourth-order valence-corrected chi connectivity index (χ4v) is 6.76. The van der Waals surface area contributed by atoms with E-state index in [1.54, 1.807) is 29.1 Å². The number of nitrogens with zero attached hydrogens (tertiary/aromatic N) is 5. The van der Waals surface area contributed by atoms with Crippen LogP contribution in [-0.2, 0) is 21.6 Å². The van der Waals surface area contributed by atoms with Crippen LogP contribution in [0.2, 0.25) is 0 Å². The monoisotopic (exact) mass is 533 g/mol. The molecule has 196 valence electrons. The number of pyridine rings is 1. The fourth-order valence-electron chi connectivity index (χ4n) is 5.86. The smallest absolute Gasteiger partial charge is 0.176 e. The molecule has 1 fully saturated rings. The molecular formula is C28H28FN5O3S. The van der Waals surface area contributed by atoms with E-state index in [9.17, 15) is 8.42 Å². The van der Waals surface area contributed by atoms with Crippen molar-refractivity contribution < 1.29 is 17.5 Å². The molecule has 4 heterocycles. The lowest BCUT2D eigenvalue weighted by Gasteiger charge is -2.33. The number of hydrogen-bond donors (Lipinski definition) is 0. The predicted molar refractivity (Wildman–Crippen MR) is 143 cm³/mol. The minimum atomic E-state index is -3.57. The van der Waals surface area contributed by atoms with Gasteiger partial charge in [-0.05, 0) is 49.9 Å². The van der Waals surface area contributed by atoms with Crippen LogP contribution in [0.25, 0.3) is 33.2 Å². The predicted octanol–water partition coefficient (Wildman–Crippen LogP) is 4.85. The summed E-state index contributed by atoms with van der Waals surface area (Å²) in [5.41, 5.74) is 4.92. The van der Waals surface area contributed by atoms with Gasteiger partial charge in [0.2, 0.25) is 0 Å². The number of halogens is 1. The summed E-state index contributed by atoms with van der Waals surface area (Å²) in [5.74, 6) is -0.223. The van der Waals surface area contributed by atoms with Crippen LogP contribution in [0.1, 0.15) is 30.1 Å². The van der Waals surface area contributed by atoms with Crippen LogP contribution in [-0.4, -0.2) is 52.4 Å². The Morgan fingerprint density at radius 1 is 1.08 bits per heavy atom. The van der Waals surface area contributed by atoms with Crippen molar-refractivity contribution in [2.24, 2.45) is 13.0 Å². The van der Waals surface area contributed by atoms with Crippen LogP contribution in [0.4, 0.5) is 4.39 Å². The van der Waals surface area contributed by atoms with E-state index in [1.807, 2.05) is 38.2 Å². The summed E-state index contributed by atoms with van der Waals surface area (Å²) < 4.78 is 50.7. The lowest BCUT2D eigenvalue weighted by Crippen LogP contribution is -2.27. The summed E-state index contributed by atoms with van der Waals surface area (Å²) in [5, 5.41) is 8.87. The quantitative estimate of drug-likeness (QED) is 0.321. The first-order chi connectivity index (χ1) is 18.3. The van der Waals surface area contributed by atoms with Gasteiger partial charge in [-0.3, -0.25) is 4.98 Å². The van der Waals surface area contributed by atoms with E-state index in [2.05, 4.69) is 14.9 Å². The van der Waals surface area contributed by atoms with Crippen LogP contribution in [0.5, 0.6) is 0 Å².